The summed E-state index contributed by atoms with van der Waals surface area (Å²) in [7, 11) is 1.50. The van der Waals surface area contributed by atoms with Crippen LogP contribution in [0.2, 0.25) is 0 Å². The number of nitrogens with zero attached hydrogens (tertiary/aromatic N) is 2. The molecular weight excluding hydrogens is 203 g/mol. The molecule has 0 saturated carbocycles. The van der Waals surface area contributed by atoms with Crippen LogP contribution in [0.1, 0.15) is 0 Å². The molecule has 3 nitrogen and oxygen atoms in total. The minimum Gasteiger partial charge on any atom is -0.497 e. The Morgan fingerprint density at radius 2 is 2.29 bits per heavy atom. The molecule has 0 aliphatic carbocycles. The van der Waals surface area contributed by atoms with Crippen molar-refractivity contribution in [3.8, 4) is 17.0 Å². The highest BCUT2D eigenvalue weighted by Crippen LogP contribution is 2.24. The van der Waals surface area contributed by atoms with E-state index >= 15 is 0 Å². The smallest absolute Gasteiger partial charge is 0.136 e. The lowest BCUT2D eigenvalue weighted by Gasteiger charge is -2.02. The highest BCUT2D eigenvalue weighted by molar-refractivity contribution is 7.03. The van der Waals surface area contributed by atoms with Crippen molar-refractivity contribution in [2.45, 2.75) is 0 Å². The van der Waals surface area contributed by atoms with Gasteiger partial charge in [-0.15, -0.1) is 5.10 Å². The van der Waals surface area contributed by atoms with Gasteiger partial charge in [0.05, 0.1) is 7.11 Å². The van der Waals surface area contributed by atoms with Gasteiger partial charge in [-0.1, -0.05) is 4.49 Å². The molecule has 0 unspecified atom stereocenters. The molecule has 0 fully saturated rings. The molecule has 0 bridgehead atoms. The fraction of sp³-hybridized carbons (Fsp3) is 0.111. The van der Waals surface area contributed by atoms with Crippen molar-refractivity contribution >= 4 is 11.5 Å². The van der Waals surface area contributed by atoms with Gasteiger partial charge in [0, 0.05) is 17.0 Å². The normalized spacial score (nSPS) is 10.1. The van der Waals surface area contributed by atoms with Gasteiger partial charge < -0.3 is 4.74 Å². The van der Waals surface area contributed by atoms with Crippen LogP contribution in [0.4, 0.5) is 4.39 Å². The lowest BCUT2D eigenvalue weighted by molar-refractivity contribution is 0.411. The molecule has 1 aromatic heterocycles. The Balaban J connectivity index is 2.46. The van der Waals surface area contributed by atoms with E-state index in [1.807, 2.05) is 0 Å². The van der Waals surface area contributed by atoms with E-state index in [4.69, 9.17) is 4.74 Å². The van der Waals surface area contributed by atoms with Gasteiger partial charge in [-0.3, -0.25) is 0 Å². The molecule has 2 rings (SSSR count). The van der Waals surface area contributed by atoms with Crippen LogP contribution in [0, 0.1) is 5.82 Å². The van der Waals surface area contributed by atoms with Crippen molar-refractivity contribution in [3.05, 3.63) is 29.4 Å². The molecule has 0 N–H and O–H groups in total. The first-order valence-electron chi connectivity index (χ1n) is 3.92. The second-order valence-corrected chi connectivity index (χ2v) is 3.25. The monoisotopic (exact) mass is 210 g/mol. The zero-order chi connectivity index (χ0) is 9.97. The Labute approximate surface area is 84.3 Å². The minimum absolute atomic E-state index is 0.350. The van der Waals surface area contributed by atoms with Gasteiger partial charge in [0.15, 0.2) is 0 Å². The van der Waals surface area contributed by atoms with Crippen LogP contribution in [0.3, 0.4) is 0 Å². The highest BCUT2D eigenvalue weighted by Gasteiger charge is 2.08. The van der Waals surface area contributed by atoms with Crippen LogP contribution in [0.15, 0.2) is 23.6 Å². The molecule has 72 valence electrons. The van der Waals surface area contributed by atoms with Gasteiger partial charge in [0.2, 0.25) is 0 Å². The molecule has 0 spiro atoms. The Morgan fingerprint density at radius 1 is 1.43 bits per heavy atom. The summed E-state index contributed by atoms with van der Waals surface area (Å²) in [5, 5.41) is 5.49. The van der Waals surface area contributed by atoms with Crippen LogP contribution in [-0.2, 0) is 0 Å². The molecule has 0 amide bonds. The third-order valence-electron chi connectivity index (χ3n) is 1.81. The molecule has 0 aliphatic rings. The first-order chi connectivity index (χ1) is 6.81. The van der Waals surface area contributed by atoms with E-state index in [2.05, 4.69) is 9.59 Å². The lowest BCUT2D eigenvalue weighted by atomic mass is 10.1. The third-order valence-corrected chi connectivity index (χ3v) is 2.32. The van der Waals surface area contributed by atoms with Crippen molar-refractivity contribution in [1.82, 2.24) is 9.59 Å². The summed E-state index contributed by atoms with van der Waals surface area (Å²) in [6.45, 7) is 0. The predicted molar refractivity (Wildman–Crippen MR) is 51.9 cm³/mol. The first kappa shape index (κ1) is 9.08. The van der Waals surface area contributed by atoms with Gasteiger partial charge in [-0.05, 0) is 23.7 Å². The first-order valence-corrected chi connectivity index (χ1v) is 4.76. The molecule has 14 heavy (non-hydrogen) atoms. The summed E-state index contributed by atoms with van der Waals surface area (Å²) in [6, 6.07) is 4.65. The van der Waals surface area contributed by atoms with Crippen molar-refractivity contribution < 1.29 is 9.13 Å². The molecule has 1 aromatic carbocycles. The summed E-state index contributed by atoms with van der Waals surface area (Å²) in [6.07, 6.45) is 0. The van der Waals surface area contributed by atoms with Gasteiger partial charge in [0.25, 0.3) is 0 Å². The third kappa shape index (κ3) is 1.58. The van der Waals surface area contributed by atoms with E-state index in [1.54, 1.807) is 17.5 Å². The van der Waals surface area contributed by atoms with Crippen LogP contribution in [0.5, 0.6) is 5.75 Å². The topological polar surface area (TPSA) is 35.0 Å². The molecule has 5 heteroatoms. The SMILES string of the molecule is COc1ccc(-c2csnn2)c(F)c1. The molecule has 1 heterocycles. The van der Waals surface area contributed by atoms with E-state index in [-0.39, 0.29) is 5.82 Å². The summed E-state index contributed by atoms with van der Waals surface area (Å²) in [5.41, 5.74) is 0.995. The molecule has 2 aromatic rings. The van der Waals surface area contributed by atoms with Gasteiger partial charge in [0.1, 0.15) is 17.3 Å². The number of benzene rings is 1. The van der Waals surface area contributed by atoms with Gasteiger partial charge in [-0.25, -0.2) is 4.39 Å². The maximum atomic E-state index is 13.5. The molecular formula is C9H7FN2OS. The Kier molecular flexibility index (Phi) is 2.41. The molecule has 0 radical (unpaired) electrons. The highest BCUT2D eigenvalue weighted by atomic mass is 32.1. The van der Waals surface area contributed by atoms with Crippen molar-refractivity contribution in [1.29, 1.82) is 0 Å². The van der Waals surface area contributed by atoms with E-state index < -0.39 is 0 Å². The number of ether oxygens (including phenoxy) is 1. The standard InChI is InChI=1S/C9H7FN2OS/c1-13-6-2-3-7(8(10)4-6)9-5-14-12-11-9/h2-5H,1H3. The van der Waals surface area contributed by atoms with Crippen LogP contribution in [-0.4, -0.2) is 16.7 Å². The maximum Gasteiger partial charge on any atom is 0.136 e. The van der Waals surface area contributed by atoms with E-state index in [0.29, 0.717) is 17.0 Å². The van der Waals surface area contributed by atoms with E-state index in [0.717, 1.165) is 0 Å². The van der Waals surface area contributed by atoms with Crippen molar-refractivity contribution in [2.24, 2.45) is 0 Å². The number of methoxy groups -OCH3 is 1. The Morgan fingerprint density at radius 3 is 2.86 bits per heavy atom. The zero-order valence-corrected chi connectivity index (χ0v) is 8.21. The minimum atomic E-state index is -0.350. The second-order valence-electron chi connectivity index (χ2n) is 2.64. The number of hydrogen-bond acceptors (Lipinski definition) is 4. The predicted octanol–water partition coefficient (Wildman–Crippen LogP) is 2.35. The van der Waals surface area contributed by atoms with E-state index in [1.165, 1.54) is 24.7 Å². The second kappa shape index (κ2) is 3.71. The summed E-state index contributed by atoms with van der Waals surface area (Å²) in [5.74, 6) is 0.145. The van der Waals surface area contributed by atoms with Crippen molar-refractivity contribution in [2.75, 3.05) is 7.11 Å². The summed E-state index contributed by atoms with van der Waals surface area (Å²) in [4.78, 5) is 0. The van der Waals surface area contributed by atoms with Crippen molar-refractivity contribution in [3.63, 3.8) is 0 Å². The molecule has 0 atom stereocenters. The Hall–Kier alpha value is -1.49. The largest absolute Gasteiger partial charge is 0.497 e. The Bertz CT molecular complexity index is 430. The average molecular weight is 210 g/mol. The van der Waals surface area contributed by atoms with E-state index in [9.17, 15) is 4.39 Å². The molecule has 0 saturated heterocycles. The number of aromatic nitrogens is 2. The number of halogens is 1. The quantitative estimate of drug-likeness (QED) is 0.763. The van der Waals surface area contributed by atoms with Crippen LogP contribution >= 0.6 is 11.5 Å². The fourth-order valence-corrected chi connectivity index (χ4v) is 1.57. The van der Waals surface area contributed by atoms with Gasteiger partial charge >= 0.3 is 0 Å². The van der Waals surface area contributed by atoms with Gasteiger partial charge in [-0.2, -0.15) is 0 Å². The average Bonchev–Trinajstić information content (AvgIpc) is 2.70. The molecule has 0 aliphatic heterocycles. The van der Waals surface area contributed by atoms with Crippen LogP contribution < -0.4 is 4.74 Å². The summed E-state index contributed by atoms with van der Waals surface area (Å²) >= 11 is 1.19. The zero-order valence-electron chi connectivity index (χ0n) is 7.40. The maximum absolute atomic E-state index is 13.5. The number of hydrogen-bond donors (Lipinski definition) is 0. The lowest BCUT2D eigenvalue weighted by Crippen LogP contribution is -1.88. The summed E-state index contributed by atoms with van der Waals surface area (Å²) < 4.78 is 22.0. The number of rotatable bonds is 2. The fourth-order valence-electron chi connectivity index (χ4n) is 1.11. The van der Waals surface area contributed by atoms with Crippen LogP contribution in [0.25, 0.3) is 11.3 Å².